The number of nitrogens with zero attached hydrogens (tertiary/aromatic N) is 3. The van der Waals surface area contributed by atoms with E-state index in [2.05, 4.69) is 20.3 Å². The van der Waals surface area contributed by atoms with Crippen LogP contribution < -0.4 is 11.1 Å². The standard InChI is InChI=1S/C20H16ClF2N5O/c21-15-2-1-5-25-17(15)20(7-13(22)8-20)28-19-26-9-12(10-27-19)14-6-11(18(24)29)3-4-16(14)23/h1-6,9-10,13H,7-8H2,(H2,24,29)(H,26,27,28)/t13-,20+. The molecule has 0 aliphatic heterocycles. The molecule has 0 radical (unpaired) electrons. The smallest absolute Gasteiger partial charge is 0.248 e. The van der Waals surface area contributed by atoms with Crippen molar-refractivity contribution in [2.45, 2.75) is 24.6 Å². The number of alkyl halides is 1. The molecule has 0 bridgehead atoms. The first-order chi connectivity index (χ1) is 13.9. The zero-order chi connectivity index (χ0) is 20.6. The maximum atomic E-state index is 14.2. The monoisotopic (exact) mass is 415 g/mol. The van der Waals surface area contributed by atoms with Crippen LogP contribution in [-0.2, 0) is 5.54 Å². The highest BCUT2D eigenvalue weighted by atomic mass is 35.5. The Morgan fingerprint density at radius 3 is 2.55 bits per heavy atom. The minimum atomic E-state index is -0.981. The second-order valence-electron chi connectivity index (χ2n) is 6.90. The van der Waals surface area contributed by atoms with Gasteiger partial charge in [0.25, 0.3) is 0 Å². The van der Waals surface area contributed by atoms with Crippen LogP contribution in [0.1, 0.15) is 28.9 Å². The Kier molecular flexibility index (Phi) is 4.87. The van der Waals surface area contributed by atoms with E-state index in [1.165, 1.54) is 24.5 Å². The van der Waals surface area contributed by atoms with Gasteiger partial charge in [0.2, 0.25) is 11.9 Å². The van der Waals surface area contributed by atoms with Crippen LogP contribution in [0.4, 0.5) is 14.7 Å². The highest BCUT2D eigenvalue weighted by molar-refractivity contribution is 6.31. The molecule has 6 nitrogen and oxygen atoms in total. The van der Waals surface area contributed by atoms with E-state index in [0.29, 0.717) is 16.3 Å². The van der Waals surface area contributed by atoms with Crippen molar-refractivity contribution in [2.24, 2.45) is 5.73 Å². The van der Waals surface area contributed by atoms with E-state index in [1.54, 1.807) is 18.3 Å². The van der Waals surface area contributed by atoms with Gasteiger partial charge in [-0.15, -0.1) is 0 Å². The summed E-state index contributed by atoms with van der Waals surface area (Å²) in [5.41, 5.74) is 5.68. The van der Waals surface area contributed by atoms with Gasteiger partial charge in [-0.05, 0) is 30.3 Å². The van der Waals surface area contributed by atoms with Crippen LogP contribution in [0.5, 0.6) is 0 Å². The average molecular weight is 416 g/mol. The van der Waals surface area contributed by atoms with E-state index in [-0.39, 0.29) is 29.9 Å². The molecule has 1 aromatic carbocycles. The summed E-state index contributed by atoms with van der Waals surface area (Å²) in [4.78, 5) is 24.1. The molecule has 3 N–H and O–H groups in total. The lowest BCUT2D eigenvalue weighted by Crippen LogP contribution is -2.50. The van der Waals surface area contributed by atoms with Crippen molar-refractivity contribution in [3.8, 4) is 11.1 Å². The highest BCUT2D eigenvalue weighted by Gasteiger charge is 2.49. The molecule has 0 unspecified atom stereocenters. The Morgan fingerprint density at radius 1 is 1.21 bits per heavy atom. The number of carbonyl (C=O) groups is 1. The van der Waals surface area contributed by atoms with Gasteiger partial charge in [-0.2, -0.15) is 0 Å². The molecule has 1 fully saturated rings. The van der Waals surface area contributed by atoms with Crippen molar-refractivity contribution in [2.75, 3.05) is 5.32 Å². The van der Waals surface area contributed by atoms with Crippen LogP contribution in [0.3, 0.4) is 0 Å². The Balaban J connectivity index is 1.62. The Morgan fingerprint density at radius 2 is 1.93 bits per heavy atom. The lowest BCUT2D eigenvalue weighted by molar-refractivity contribution is 0.1000. The normalized spacial score (nSPS) is 20.7. The van der Waals surface area contributed by atoms with E-state index < -0.39 is 23.4 Å². The third-order valence-electron chi connectivity index (χ3n) is 4.92. The number of hydrogen-bond acceptors (Lipinski definition) is 5. The molecule has 1 amide bonds. The number of nitrogens with one attached hydrogen (secondary N) is 1. The number of carbonyl (C=O) groups excluding carboxylic acids is 1. The minimum Gasteiger partial charge on any atom is -0.366 e. The second kappa shape index (κ2) is 7.36. The zero-order valence-corrected chi connectivity index (χ0v) is 15.8. The van der Waals surface area contributed by atoms with Gasteiger partial charge in [-0.25, -0.2) is 18.7 Å². The number of halogens is 3. The first-order valence-corrected chi connectivity index (χ1v) is 9.21. The van der Waals surface area contributed by atoms with E-state index in [1.807, 2.05) is 0 Å². The van der Waals surface area contributed by atoms with Gasteiger partial charge in [0.05, 0.1) is 16.3 Å². The molecule has 0 spiro atoms. The fourth-order valence-electron chi connectivity index (χ4n) is 3.43. The molecule has 29 heavy (non-hydrogen) atoms. The van der Waals surface area contributed by atoms with Crippen molar-refractivity contribution in [1.82, 2.24) is 15.0 Å². The Labute approximate surface area is 170 Å². The van der Waals surface area contributed by atoms with Gasteiger partial charge in [0.1, 0.15) is 12.0 Å². The number of hydrogen-bond donors (Lipinski definition) is 2. The number of amides is 1. The summed E-state index contributed by atoms with van der Waals surface area (Å²) in [6, 6.07) is 7.21. The van der Waals surface area contributed by atoms with Gasteiger partial charge in [-0.1, -0.05) is 11.6 Å². The Hall–Kier alpha value is -3.13. The minimum absolute atomic E-state index is 0.155. The summed E-state index contributed by atoms with van der Waals surface area (Å²) in [5, 5.41) is 3.55. The summed E-state index contributed by atoms with van der Waals surface area (Å²) in [5.74, 6) is -0.963. The van der Waals surface area contributed by atoms with Crippen molar-refractivity contribution >= 4 is 23.5 Å². The van der Waals surface area contributed by atoms with Crippen LogP contribution in [0.25, 0.3) is 11.1 Å². The summed E-state index contributed by atoms with van der Waals surface area (Å²) in [6.07, 6.45) is 3.81. The maximum absolute atomic E-state index is 14.2. The fourth-order valence-corrected chi connectivity index (χ4v) is 3.74. The van der Waals surface area contributed by atoms with Gasteiger partial charge < -0.3 is 11.1 Å². The molecule has 2 heterocycles. The topological polar surface area (TPSA) is 93.8 Å². The predicted octanol–water partition coefficient (Wildman–Crippen LogP) is 3.87. The molecule has 9 heteroatoms. The summed E-state index contributed by atoms with van der Waals surface area (Å²) < 4.78 is 27.9. The highest BCUT2D eigenvalue weighted by Crippen LogP contribution is 2.46. The predicted molar refractivity (Wildman–Crippen MR) is 105 cm³/mol. The zero-order valence-electron chi connectivity index (χ0n) is 15.1. The largest absolute Gasteiger partial charge is 0.366 e. The van der Waals surface area contributed by atoms with E-state index in [9.17, 15) is 13.6 Å². The molecule has 148 valence electrons. The second-order valence-corrected chi connectivity index (χ2v) is 7.31. The SMILES string of the molecule is NC(=O)c1ccc(F)c(-c2cnc(N[C@]3(c4ncccc4Cl)C[C@H](F)C3)nc2)c1. The van der Waals surface area contributed by atoms with E-state index >= 15 is 0 Å². The van der Waals surface area contributed by atoms with Crippen molar-refractivity contribution in [3.63, 3.8) is 0 Å². The van der Waals surface area contributed by atoms with Gasteiger partial charge in [0, 0.05) is 48.1 Å². The lowest BCUT2D eigenvalue weighted by Gasteiger charge is -2.44. The van der Waals surface area contributed by atoms with Crippen LogP contribution >= 0.6 is 11.6 Å². The number of aromatic nitrogens is 3. The molecule has 3 aromatic rings. The van der Waals surface area contributed by atoms with Crippen LogP contribution in [0.15, 0.2) is 48.9 Å². The number of nitrogens with two attached hydrogens (primary N) is 1. The molecule has 1 aliphatic rings. The molecular formula is C20H16ClF2N5O. The molecule has 1 aliphatic carbocycles. The van der Waals surface area contributed by atoms with Crippen LogP contribution in [0.2, 0.25) is 5.02 Å². The summed E-state index contributed by atoms with van der Waals surface area (Å²) in [6.45, 7) is 0. The summed E-state index contributed by atoms with van der Waals surface area (Å²) in [7, 11) is 0. The quantitative estimate of drug-likeness (QED) is 0.659. The Bertz CT molecular complexity index is 1070. The van der Waals surface area contributed by atoms with Crippen molar-refractivity contribution < 1.29 is 13.6 Å². The van der Waals surface area contributed by atoms with Crippen molar-refractivity contribution in [3.05, 3.63) is 71.0 Å². The summed E-state index contributed by atoms with van der Waals surface area (Å²) >= 11 is 6.25. The maximum Gasteiger partial charge on any atom is 0.248 e. The third-order valence-corrected chi connectivity index (χ3v) is 5.22. The van der Waals surface area contributed by atoms with Gasteiger partial charge in [-0.3, -0.25) is 9.78 Å². The number of benzene rings is 1. The number of anilines is 1. The van der Waals surface area contributed by atoms with Gasteiger partial charge in [0.15, 0.2) is 0 Å². The third kappa shape index (κ3) is 3.63. The number of pyridine rings is 1. The first kappa shape index (κ1) is 19.2. The molecule has 0 saturated heterocycles. The van der Waals surface area contributed by atoms with Crippen LogP contribution in [0, 0.1) is 5.82 Å². The number of rotatable bonds is 5. The van der Waals surface area contributed by atoms with Gasteiger partial charge >= 0.3 is 0 Å². The molecule has 0 atom stereocenters. The molecule has 2 aromatic heterocycles. The van der Waals surface area contributed by atoms with Crippen molar-refractivity contribution in [1.29, 1.82) is 0 Å². The average Bonchev–Trinajstić information content (AvgIpc) is 2.68. The molecule has 4 rings (SSSR count). The molecule has 1 saturated carbocycles. The molecular weight excluding hydrogens is 400 g/mol. The first-order valence-electron chi connectivity index (χ1n) is 8.83. The van der Waals surface area contributed by atoms with E-state index in [0.717, 1.165) is 6.07 Å². The van der Waals surface area contributed by atoms with Crippen LogP contribution in [-0.4, -0.2) is 27.0 Å². The fraction of sp³-hybridized carbons (Fsp3) is 0.200. The number of primary amides is 1. The van der Waals surface area contributed by atoms with E-state index in [4.69, 9.17) is 17.3 Å². The lowest BCUT2D eigenvalue weighted by atomic mass is 9.72.